The van der Waals surface area contributed by atoms with Crippen molar-refractivity contribution in [2.45, 2.75) is 10.7 Å². The molecule has 0 saturated carbocycles. The predicted octanol–water partition coefficient (Wildman–Crippen LogP) is 2.58. The van der Waals surface area contributed by atoms with Crippen LogP contribution in [-0.4, -0.2) is 57.7 Å². The van der Waals surface area contributed by atoms with E-state index in [0.717, 1.165) is 0 Å². The van der Waals surface area contributed by atoms with Crippen LogP contribution in [0.15, 0.2) is 53.4 Å². The SMILES string of the molecule is O=C(CN1CCN(c2ccccc2S(=O)(=O)C(F)F)CC1)Nc1ccc(F)cc1. The van der Waals surface area contributed by atoms with E-state index in [-0.39, 0.29) is 18.1 Å². The average molecular weight is 427 g/mol. The zero-order valence-electron chi connectivity index (χ0n) is 15.4. The summed E-state index contributed by atoms with van der Waals surface area (Å²) in [6, 6.07) is 11.1. The Hall–Kier alpha value is -2.59. The molecule has 0 atom stereocenters. The maximum atomic E-state index is 13.0. The van der Waals surface area contributed by atoms with Crippen molar-refractivity contribution in [3.63, 3.8) is 0 Å². The molecule has 1 amide bonds. The van der Waals surface area contributed by atoms with Crippen LogP contribution in [0.2, 0.25) is 0 Å². The lowest BCUT2D eigenvalue weighted by Gasteiger charge is -2.36. The number of amides is 1. The third kappa shape index (κ3) is 5.07. The summed E-state index contributed by atoms with van der Waals surface area (Å²) in [4.78, 5) is 15.4. The Balaban J connectivity index is 1.60. The summed E-state index contributed by atoms with van der Waals surface area (Å²) in [5.74, 6) is -4.14. The molecule has 0 radical (unpaired) electrons. The molecule has 1 N–H and O–H groups in total. The summed E-state index contributed by atoms with van der Waals surface area (Å²) in [6.07, 6.45) is 0. The van der Waals surface area contributed by atoms with Crippen LogP contribution < -0.4 is 10.2 Å². The van der Waals surface area contributed by atoms with Crippen molar-refractivity contribution in [3.8, 4) is 0 Å². The number of alkyl halides is 2. The van der Waals surface area contributed by atoms with Crippen molar-refractivity contribution in [2.75, 3.05) is 42.9 Å². The molecule has 0 unspecified atom stereocenters. The van der Waals surface area contributed by atoms with Crippen LogP contribution in [0.5, 0.6) is 0 Å². The molecule has 0 aliphatic carbocycles. The number of carbonyl (C=O) groups excluding carboxylic acids is 1. The fraction of sp³-hybridized carbons (Fsp3) is 0.316. The minimum Gasteiger partial charge on any atom is -0.368 e. The second-order valence-electron chi connectivity index (χ2n) is 6.59. The normalized spacial score (nSPS) is 15.5. The molecule has 0 bridgehead atoms. The molecule has 1 aliphatic heterocycles. The predicted molar refractivity (Wildman–Crippen MR) is 103 cm³/mol. The van der Waals surface area contributed by atoms with Gasteiger partial charge in [-0.05, 0) is 36.4 Å². The number of nitrogens with zero attached hydrogens (tertiary/aromatic N) is 2. The smallest absolute Gasteiger partial charge is 0.341 e. The topological polar surface area (TPSA) is 69.7 Å². The van der Waals surface area contributed by atoms with Gasteiger partial charge in [0.25, 0.3) is 0 Å². The van der Waals surface area contributed by atoms with Crippen LogP contribution in [-0.2, 0) is 14.6 Å². The Morgan fingerprint density at radius 3 is 2.24 bits per heavy atom. The van der Waals surface area contributed by atoms with Gasteiger partial charge in [0.2, 0.25) is 15.7 Å². The number of hydrogen-bond acceptors (Lipinski definition) is 5. The zero-order valence-corrected chi connectivity index (χ0v) is 16.2. The number of anilines is 2. The van der Waals surface area contributed by atoms with E-state index in [1.54, 1.807) is 11.0 Å². The molecule has 1 fully saturated rings. The molecule has 156 valence electrons. The summed E-state index contributed by atoms with van der Waals surface area (Å²) < 4.78 is 62.7. The van der Waals surface area contributed by atoms with Gasteiger partial charge in [0.1, 0.15) is 5.82 Å². The van der Waals surface area contributed by atoms with Gasteiger partial charge in [-0.1, -0.05) is 12.1 Å². The van der Waals surface area contributed by atoms with Crippen LogP contribution >= 0.6 is 0 Å². The van der Waals surface area contributed by atoms with E-state index in [4.69, 9.17) is 0 Å². The molecule has 2 aromatic carbocycles. The molecule has 6 nitrogen and oxygen atoms in total. The highest BCUT2D eigenvalue weighted by Gasteiger charge is 2.31. The summed E-state index contributed by atoms with van der Waals surface area (Å²) in [5, 5.41) is 2.68. The van der Waals surface area contributed by atoms with Crippen molar-refractivity contribution in [3.05, 3.63) is 54.3 Å². The number of nitrogens with one attached hydrogen (secondary N) is 1. The highest BCUT2D eigenvalue weighted by Crippen LogP contribution is 2.29. The van der Waals surface area contributed by atoms with Crippen LogP contribution in [0.25, 0.3) is 0 Å². The van der Waals surface area contributed by atoms with Crippen LogP contribution in [0.3, 0.4) is 0 Å². The largest absolute Gasteiger partial charge is 0.368 e. The second-order valence-corrected chi connectivity index (χ2v) is 8.48. The number of rotatable bonds is 6. The van der Waals surface area contributed by atoms with Crippen molar-refractivity contribution in [1.29, 1.82) is 0 Å². The van der Waals surface area contributed by atoms with Gasteiger partial charge in [0, 0.05) is 31.9 Å². The first kappa shape index (κ1) is 21.1. The van der Waals surface area contributed by atoms with Gasteiger partial charge >= 0.3 is 5.76 Å². The molecule has 0 aromatic heterocycles. The van der Waals surface area contributed by atoms with Crippen molar-refractivity contribution < 1.29 is 26.4 Å². The van der Waals surface area contributed by atoms with Crippen LogP contribution in [0.4, 0.5) is 24.5 Å². The van der Waals surface area contributed by atoms with Gasteiger partial charge in [0.15, 0.2) is 0 Å². The number of benzene rings is 2. The highest BCUT2D eigenvalue weighted by molar-refractivity contribution is 7.91. The quantitative estimate of drug-likeness (QED) is 0.768. The summed E-state index contributed by atoms with van der Waals surface area (Å²) in [6.45, 7) is 1.81. The monoisotopic (exact) mass is 427 g/mol. The molecule has 29 heavy (non-hydrogen) atoms. The fourth-order valence-corrected chi connectivity index (χ4v) is 4.09. The standard InChI is InChI=1S/C19H20F3N3O3S/c20-14-5-7-15(8-6-14)23-18(26)13-24-9-11-25(12-10-24)16-3-1-2-4-17(16)29(27,28)19(21)22/h1-8,19H,9-13H2,(H,23,26). The van der Waals surface area contributed by atoms with E-state index in [0.29, 0.717) is 31.9 Å². The first-order valence-electron chi connectivity index (χ1n) is 8.91. The van der Waals surface area contributed by atoms with Gasteiger partial charge < -0.3 is 10.2 Å². The van der Waals surface area contributed by atoms with Crippen molar-refractivity contribution >= 4 is 27.1 Å². The molecule has 2 aromatic rings. The van der Waals surface area contributed by atoms with E-state index in [1.807, 2.05) is 4.90 Å². The molecule has 0 spiro atoms. The first-order chi connectivity index (χ1) is 13.8. The van der Waals surface area contributed by atoms with Crippen molar-refractivity contribution in [1.82, 2.24) is 4.90 Å². The van der Waals surface area contributed by atoms with Gasteiger partial charge in [-0.2, -0.15) is 8.78 Å². The maximum Gasteiger partial charge on any atom is 0.341 e. The van der Waals surface area contributed by atoms with E-state index in [9.17, 15) is 26.4 Å². The lowest BCUT2D eigenvalue weighted by molar-refractivity contribution is -0.117. The fourth-order valence-electron chi connectivity index (χ4n) is 3.14. The lowest BCUT2D eigenvalue weighted by Crippen LogP contribution is -2.49. The van der Waals surface area contributed by atoms with E-state index >= 15 is 0 Å². The maximum absolute atomic E-state index is 13.0. The third-order valence-corrected chi connectivity index (χ3v) is 6.04. The highest BCUT2D eigenvalue weighted by atomic mass is 32.2. The Morgan fingerprint density at radius 2 is 1.62 bits per heavy atom. The van der Waals surface area contributed by atoms with Crippen molar-refractivity contribution in [2.24, 2.45) is 0 Å². The van der Waals surface area contributed by atoms with Gasteiger partial charge in [0.05, 0.1) is 17.1 Å². The molecule has 1 saturated heterocycles. The van der Waals surface area contributed by atoms with Gasteiger partial charge in [-0.3, -0.25) is 9.69 Å². The number of sulfone groups is 1. The average Bonchev–Trinajstić information content (AvgIpc) is 2.70. The third-order valence-electron chi connectivity index (χ3n) is 4.61. The second kappa shape index (κ2) is 8.83. The number of hydrogen-bond donors (Lipinski definition) is 1. The van der Waals surface area contributed by atoms with E-state index in [2.05, 4.69) is 5.32 Å². The molecular weight excluding hydrogens is 407 g/mol. The van der Waals surface area contributed by atoms with Gasteiger partial charge in [-0.25, -0.2) is 12.8 Å². The van der Waals surface area contributed by atoms with Crippen LogP contribution in [0.1, 0.15) is 0 Å². The van der Waals surface area contributed by atoms with Crippen LogP contribution in [0, 0.1) is 5.82 Å². The summed E-state index contributed by atoms with van der Waals surface area (Å²) >= 11 is 0. The van der Waals surface area contributed by atoms with E-state index in [1.165, 1.54) is 42.5 Å². The Bertz CT molecular complexity index is 960. The summed E-state index contributed by atoms with van der Waals surface area (Å²) in [7, 11) is -4.71. The Morgan fingerprint density at radius 1 is 1.00 bits per heavy atom. The number of carbonyl (C=O) groups is 1. The molecule has 1 aliphatic rings. The molecule has 3 rings (SSSR count). The summed E-state index contributed by atoms with van der Waals surface area (Å²) in [5.41, 5.74) is 0.726. The van der Waals surface area contributed by atoms with Gasteiger partial charge in [-0.15, -0.1) is 0 Å². The minimum absolute atomic E-state index is 0.113. The first-order valence-corrected chi connectivity index (χ1v) is 10.5. The van der Waals surface area contributed by atoms with E-state index < -0.39 is 26.3 Å². The minimum atomic E-state index is -4.71. The molecule has 1 heterocycles. The number of halogens is 3. The molecular formula is C19H20F3N3O3S. The number of piperazine rings is 1. The Kier molecular flexibility index (Phi) is 6.43. The molecule has 10 heteroatoms. The number of para-hydroxylation sites is 1. The lowest BCUT2D eigenvalue weighted by atomic mass is 10.2. The zero-order chi connectivity index (χ0) is 21.0. The Labute approximate surface area is 166 Å².